The van der Waals surface area contributed by atoms with E-state index in [0.29, 0.717) is 6.42 Å². The summed E-state index contributed by atoms with van der Waals surface area (Å²) in [7, 11) is 1.70. The Morgan fingerprint density at radius 2 is 2.00 bits per heavy atom. The van der Waals surface area contributed by atoms with Crippen molar-refractivity contribution in [3.05, 3.63) is 35.4 Å². The van der Waals surface area contributed by atoms with Gasteiger partial charge in [-0.15, -0.1) is 0 Å². The van der Waals surface area contributed by atoms with E-state index in [2.05, 4.69) is 21.9 Å². The Balaban J connectivity index is 1.43. The van der Waals surface area contributed by atoms with E-state index in [0.717, 1.165) is 70.4 Å². The van der Waals surface area contributed by atoms with Gasteiger partial charge < -0.3 is 19.3 Å². The zero-order valence-electron chi connectivity index (χ0n) is 16.6. The fourth-order valence-electron chi connectivity index (χ4n) is 5.29. The minimum atomic E-state index is -0.431. The molecule has 1 aliphatic carbocycles. The van der Waals surface area contributed by atoms with Crippen LogP contribution in [0.15, 0.2) is 24.3 Å². The SMILES string of the molecule is COc1ccc2c3c1O[C@H]1CC(O)C=CC31CCN(CCN1CCOCC1)C2. The van der Waals surface area contributed by atoms with E-state index in [4.69, 9.17) is 14.2 Å². The lowest BCUT2D eigenvalue weighted by molar-refractivity contribution is 0.0322. The lowest BCUT2D eigenvalue weighted by Crippen LogP contribution is -2.44. The molecule has 3 aliphatic heterocycles. The smallest absolute Gasteiger partial charge is 0.166 e. The molecule has 1 N–H and O–H groups in total. The molecular formula is C22H30N2O4. The highest BCUT2D eigenvalue weighted by atomic mass is 16.5. The van der Waals surface area contributed by atoms with Gasteiger partial charge >= 0.3 is 0 Å². The molecule has 1 aromatic carbocycles. The van der Waals surface area contributed by atoms with Crippen LogP contribution in [0.1, 0.15) is 24.0 Å². The highest BCUT2D eigenvalue weighted by Crippen LogP contribution is 2.55. The highest BCUT2D eigenvalue weighted by Gasteiger charge is 2.52. The van der Waals surface area contributed by atoms with Crippen molar-refractivity contribution >= 4 is 0 Å². The Morgan fingerprint density at radius 1 is 1.18 bits per heavy atom. The van der Waals surface area contributed by atoms with E-state index in [1.165, 1.54) is 11.1 Å². The summed E-state index contributed by atoms with van der Waals surface area (Å²) >= 11 is 0. The first-order valence-corrected chi connectivity index (χ1v) is 10.5. The van der Waals surface area contributed by atoms with Crippen LogP contribution in [-0.4, -0.2) is 80.2 Å². The number of nitrogens with zero attached hydrogens (tertiary/aromatic N) is 2. The number of benzene rings is 1. The molecule has 28 heavy (non-hydrogen) atoms. The van der Waals surface area contributed by atoms with Crippen LogP contribution in [0.5, 0.6) is 11.5 Å². The lowest BCUT2D eigenvalue weighted by Gasteiger charge is -2.36. The molecule has 0 radical (unpaired) electrons. The maximum atomic E-state index is 10.2. The summed E-state index contributed by atoms with van der Waals surface area (Å²) in [6.45, 7) is 7.88. The lowest BCUT2D eigenvalue weighted by atomic mass is 9.69. The third-order valence-corrected chi connectivity index (χ3v) is 6.87. The van der Waals surface area contributed by atoms with Gasteiger partial charge in [-0.25, -0.2) is 0 Å². The van der Waals surface area contributed by atoms with E-state index < -0.39 is 6.10 Å². The summed E-state index contributed by atoms with van der Waals surface area (Å²) in [6, 6.07) is 4.24. The van der Waals surface area contributed by atoms with Gasteiger partial charge in [0.2, 0.25) is 0 Å². The number of aliphatic hydroxyl groups is 1. The van der Waals surface area contributed by atoms with Crippen molar-refractivity contribution in [3.63, 3.8) is 0 Å². The molecule has 5 rings (SSSR count). The van der Waals surface area contributed by atoms with Crippen molar-refractivity contribution in [1.82, 2.24) is 9.80 Å². The molecule has 6 nitrogen and oxygen atoms in total. The maximum Gasteiger partial charge on any atom is 0.166 e. The van der Waals surface area contributed by atoms with Crippen molar-refractivity contribution in [1.29, 1.82) is 0 Å². The second kappa shape index (κ2) is 7.34. The first kappa shape index (κ1) is 18.4. The fourth-order valence-corrected chi connectivity index (χ4v) is 5.29. The molecule has 6 heteroatoms. The molecule has 1 aromatic rings. The summed E-state index contributed by atoms with van der Waals surface area (Å²) < 4.78 is 17.5. The van der Waals surface area contributed by atoms with Crippen LogP contribution in [0.3, 0.4) is 0 Å². The molecule has 2 unspecified atom stereocenters. The van der Waals surface area contributed by atoms with Gasteiger partial charge in [-0.3, -0.25) is 9.80 Å². The predicted molar refractivity (Wildman–Crippen MR) is 106 cm³/mol. The average Bonchev–Trinajstić information content (AvgIpc) is 2.96. The van der Waals surface area contributed by atoms with Crippen molar-refractivity contribution in [2.75, 3.05) is 53.0 Å². The minimum Gasteiger partial charge on any atom is -0.493 e. The number of hydrogen-bond acceptors (Lipinski definition) is 6. The Kier molecular flexibility index (Phi) is 4.83. The topological polar surface area (TPSA) is 54.4 Å². The monoisotopic (exact) mass is 386 g/mol. The van der Waals surface area contributed by atoms with Crippen LogP contribution in [0.2, 0.25) is 0 Å². The third kappa shape index (κ3) is 3.03. The van der Waals surface area contributed by atoms with Gasteiger partial charge in [-0.2, -0.15) is 0 Å². The normalized spacial score (nSPS) is 32.4. The number of morpholine rings is 1. The zero-order valence-corrected chi connectivity index (χ0v) is 16.6. The maximum absolute atomic E-state index is 10.2. The highest BCUT2D eigenvalue weighted by molar-refractivity contribution is 5.61. The summed E-state index contributed by atoms with van der Waals surface area (Å²) in [5.41, 5.74) is 2.47. The number of hydrogen-bond donors (Lipinski definition) is 1. The van der Waals surface area contributed by atoms with Crippen LogP contribution in [0.25, 0.3) is 0 Å². The molecule has 0 bridgehead atoms. The van der Waals surface area contributed by atoms with Crippen molar-refractivity contribution < 1.29 is 19.3 Å². The van der Waals surface area contributed by atoms with Crippen LogP contribution in [-0.2, 0) is 16.7 Å². The van der Waals surface area contributed by atoms with Gasteiger partial charge in [0, 0.05) is 44.7 Å². The van der Waals surface area contributed by atoms with Crippen molar-refractivity contribution in [3.8, 4) is 11.5 Å². The number of methoxy groups -OCH3 is 1. The van der Waals surface area contributed by atoms with Gasteiger partial charge in [0.15, 0.2) is 11.5 Å². The van der Waals surface area contributed by atoms with Gasteiger partial charge in [-0.05, 0) is 24.6 Å². The molecule has 0 aromatic heterocycles. The van der Waals surface area contributed by atoms with Crippen molar-refractivity contribution in [2.45, 2.75) is 37.0 Å². The summed E-state index contributed by atoms with van der Waals surface area (Å²) in [5.74, 6) is 1.69. The molecule has 1 fully saturated rings. The Hall–Kier alpha value is -1.60. The number of rotatable bonds is 4. The van der Waals surface area contributed by atoms with Crippen LogP contribution < -0.4 is 9.47 Å². The Labute approximate surface area is 166 Å². The first-order valence-electron chi connectivity index (χ1n) is 10.5. The molecule has 152 valence electrons. The van der Waals surface area contributed by atoms with Crippen LogP contribution in [0, 0.1) is 0 Å². The van der Waals surface area contributed by atoms with Gasteiger partial charge in [-0.1, -0.05) is 18.2 Å². The van der Waals surface area contributed by atoms with Gasteiger partial charge in [0.05, 0.1) is 31.8 Å². The molecular weight excluding hydrogens is 356 g/mol. The second-order valence-electron chi connectivity index (χ2n) is 8.42. The molecule has 1 spiro atoms. The van der Waals surface area contributed by atoms with Crippen LogP contribution >= 0.6 is 0 Å². The molecule has 3 atom stereocenters. The second-order valence-corrected chi connectivity index (χ2v) is 8.42. The molecule has 0 saturated carbocycles. The fraction of sp³-hybridized carbons (Fsp3) is 0.636. The van der Waals surface area contributed by atoms with E-state index in [9.17, 15) is 5.11 Å². The van der Waals surface area contributed by atoms with Crippen molar-refractivity contribution in [2.24, 2.45) is 0 Å². The number of aliphatic hydroxyl groups excluding tert-OH is 1. The summed E-state index contributed by atoms with van der Waals surface area (Å²) in [5, 5.41) is 10.2. The number of ether oxygens (including phenoxy) is 3. The molecule has 0 amide bonds. The summed E-state index contributed by atoms with van der Waals surface area (Å²) in [6.07, 6.45) is 5.38. The molecule has 3 heterocycles. The first-order chi connectivity index (χ1) is 13.7. The quantitative estimate of drug-likeness (QED) is 0.793. The molecule has 4 aliphatic rings. The largest absolute Gasteiger partial charge is 0.493 e. The van der Waals surface area contributed by atoms with E-state index in [1.54, 1.807) is 7.11 Å². The minimum absolute atomic E-state index is 0.0169. The van der Waals surface area contributed by atoms with E-state index >= 15 is 0 Å². The summed E-state index contributed by atoms with van der Waals surface area (Å²) in [4.78, 5) is 5.07. The standard InChI is InChI=1S/C22H30N2O4/c1-26-18-3-2-16-15-24(9-8-23-10-12-27-13-11-23)7-6-22-5-4-17(25)14-19(22)28-21(18)20(16)22/h2-5,17,19,25H,6-15H2,1H3/t17?,19-,22?/m0/s1. The van der Waals surface area contributed by atoms with Gasteiger partial charge in [0.1, 0.15) is 6.10 Å². The van der Waals surface area contributed by atoms with Crippen LogP contribution in [0.4, 0.5) is 0 Å². The third-order valence-electron chi connectivity index (χ3n) is 6.87. The van der Waals surface area contributed by atoms with Gasteiger partial charge in [0.25, 0.3) is 0 Å². The predicted octanol–water partition coefficient (Wildman–Crippen LogP) is 1.55. The molecule has 1 saturated heterocycles. The van der Waals surface area contributed by atoms with E-state index in [-0.39, 0.29) is 11.5 Å². The van der Waals surface area contributed by atoms with E-state index in [1.807, 2.05) is 12.1 Å². The average molecular weight is 386 g/mol. The zero-order chi connectivity index (χ0) is 19.1. The Morgan fingerprint density at radius 3 is 2.82 bits per heavy atom. The Bertz CT molecular complexity index is 761.